The van der Waals surface area contributed by atoms with Crippen LogP contribution in [0.25, 0.3) is 0 Å². The van der Waals surface area contributed by atoms with Crippen molar-refractivity contribution in [1.29, 1.82) is 0 Å². The van der Waals surface area contributed by atoms with Crippen molar-refractivity contribution >= 4 is 27.5 Å². The highest BCUT2D eigenvalue weighted by molar-refractivity contribution is 9.10. The average molecular weight is 299 g/mol. The van der Waals surface area contributed by atoms with Gasteiger partial charge in [0.05, 0.1) is 12.5 Å². The summed E-state index contributed by atoms with van der Waals surface area (Å²) in [6, 6.07) is 5.75. The third kappa shape index (κ3) is 2.61. The molecule has 5 heteroatoms. The number of hydrogen-bond donors (Lipinski definition) is 2. The van der Waals surface area contributed by atoms with Crippen LogP contribution in [0.5, 0.6) is 0 Å². The van der Waals surface area contributed by atoms with Gasteiger partial charge in [-0.25, -0.2) is 0 Å². The molecule has 1 atom stereocenters. The monoisotopic (exact) mass is 298 g/mol. The van der Waals surface area contributed by atoms with Crippen LogP contribution in [0.1, 0.15) is 12.0 Å². The lowest BCUT2D eigenvalue weighted by Crippen LogP contribution is -2.27. The number of rotatable bonds is 3. The molecule has 1 heterocycles. The molecule has 1 aromatic carbocycles. The smallest absolute Gasteiger partial charge is 0.222 e. The first-order valence-electron chi connectivity index (χ1n) is 5.55. The second-order valence-corrected chi connectivity index (χ2v) is 5.18. The van der Waals surface area contributed by atoms with E-state index < -0.39 is 0 Å². The molecule has 1 amide bonds. The summed E-state index contributed by atoms with van der Waals surface area (Å²) >= 11 is 3.42. The van der Waals surface area contributed by atoms with Gasteiger partial charge in [0.25, 0.3) is 0 Å². The number of carbonyl (C=O) groups excluding carboxylic acids is 1. The third-order valence-electron chi connectivity index (χ3n) is 3.15. The summed E-state index contributed by atoms with van der Waals surface area (Å²) in [6.07, 6.45) is 0.784. The van der Waals surface area contributed by atoms with Gasteiger partial charge < -0.3 is 15.7 Å². The highest BCUT2D eigenvalue weighted by Crippen LogP contribution is 2.29. The van der Waals surface area contributed by atoms with E-state index in [9.17, 15) is 9.90 Å². The number of primary amides is 1. The molecule has 1 fully saturated rings. The number of aliphatic hydroxyl groups is 1. The lowest BCUT2D eigenvalue weighted by molar-refractivity contribution is -0.121. The minimum absolute atomic E-state index is 0.000349. The van der Waals surface area contributed by atoms with Gasteiger partial charge in [-0.05, 0) is 18.6 Å². The predicted molar refractivity (Wildman–Crippen MR) is 69.6 cm³/mol. The Hall–Kier alpha value is -1.07. The summed E-state index contributed by atoms with van der Waals surface area (Å²) in [5, 5.41) is 9.31. The quantitative estimate of drug-likeness (QED) is 0.883. The molecule has 4 nitrogen and oxygen atoms in total. The summed E-state index contributed by atoms with van der Waals surface area (Å²) in [4.78, 5) is 13.2. The molecule has 1 aromatic rings. The molecule has 0 radical (unpaired) electrons. The first-order valence-corrected chi connectivity index (χ1v) is 6.34. The standard InChI is InChI=1S/C12H15BrN2O2/c13-10-2-1-9(7-16)11(5-10)15-4-3-8(6-15)12(14)17/h1-2,5,8,16H,3-4,6-7H2,(H2,14,17). The van der Waals surface area contributed by atoms with E-state index in [0.29, 0.717) is 6.54 Å². The van der Waals surface area contributed by atoms with Gasteiger partial charge >= 0.3 is 0 Å². The molecule has 0 aromatic heterocycles. The van der Waals surface area contributed by atoms with Crippen LogP contribution in [0.4, 0.5) is 5.69 Å². The van der Waals surface area contributed by atoms with Gasteiger partial charge in [-0.1, -0.05) is 22.0 Å². The Morgan fingerprint density at radius 3 is 2.94 bits per heavy atom. The zero-order valence-electron chi connectivity index (χ0n) is 9.40. The molecule has 1 saturated heterocycles. The third-order valence-corrected chi connectivity index (χ3v) is 3.64. The molecular formula is C12H15BrN2O2. The van der Waals surface area contributed by atoms with E-state index in [0.717, 1.165) is 28.7 Å². The first-order chi connectivity index (χ1) is 8.11. The van der Waals surface area contributed by atoms with Crippen LogP contribution in [0.3, 0.4) is 0 Å². The number of hydrogen-bond acceptors (Lipinski definition) is 3. The van der Waals surface area contributed by atoms with Crippen LogP contribution < -0.4 is 10.6 Å². The van der Waals surface area contributed by atoms with Gasteiger partial charge in [0.2, 0.25) is 5.91 Å². The van der Waals surface area contributed by atoms with Crippen molar-refractivity contribution in [3.8, 4) is 0 Å². The Kier molecular flexibility index (Phi) is 3.69. The normalized spacial score (nSPS) is 19.6. The largest absolute Gasteiger partial charge is 0.392 e. The Labute approximate surface area is 109 Å². The molecule has 1 unspecified atom stereocenters. The van der Waals surface area contributed by atoms with Gasteiger partial charge in [-0.15, -0.1) is 0 Å². The molecule has 0 spiro atoms. The maximum atomic E-state index is 11.1. The summed E-state index contributed by atoms with van der Waals surface area (Å²) < 4.78 is 0.965. The maximum Gasteiger partial charge on any atom is 0.222 e. The lowest BCUT2D eigenvalue weighted by Gasteiger charge is -2.21. The number of benzene rings is 1. The van der Waals surface area contributed by atoms with Gasteiger partial charge in [0.1, 0.15) is 0 Å². The topological polar surface area (TPSA) is 66.6 Å². The summed E-state index contributed by atoms with van der Waals surface area (Å²) in [7, 11) is 0. The number of nitrogens with two attached hydrogens (primary N) is 1. The fourth-order valence-electron chi connectivity index (χ4n) is 2.18. The van der Waals surface area contributed by atoms with Gasteiger partial charge in [0, 0.05) is 28.8 Å². The Bertz CT molecular complexity index is 437. The lowest BCUT2D eigenvalue weighted by atomic mass is 10.1. The van der Waals surface area contributed by atoms with Crippen LogP contribution in [0.15, 0.2) is 22.7 Å². The van der Waals surface area contributed by atoms with Crippen molar-refractivity contribution in [2.24, 2.45) is 11.7 Å². The fourth-order valence-corrected chi connectivity index (χ4v) is 2.53. The molecule has 92 valence electrons. The summed E-state index contributed by atoms with van der Waals surface area (Å²) in [5.74, 6) is -0.325. The van der Waals surface area contributed by atoms with Crippen LogP contribution in [-0.2, 0) is 11.4 Å². The van der Waals surface area contributed by atoms with Crippen LogP contribution >= 0.6 is 15.9 Å². The van der Waals surface area contributed by atoms with Crippen LogP contribution in [-0.4, -0.2) is 24.1 Å². The molecule has 2 rings (SSSR count). The molecule has 1 aliphatic heterocycles. The number of aliphatic hydroxyl groups excluding tert-OH is 1. The van der Waals surface area contributed by atoms with Crippen molar-refractivity contribution in [1.82, 2.24) is 0 Å². The highest BCUT2D eigenvalue weighted by atomic mass is 79.9. The Morgan fingerprint density at radius 1 is 1.59 bits per heavy atom. The van der Waals surface area contributed by atoms with Gasteiger partial charge in [-0.2, -0.15) is 0 Å². The number of amides is 1. The maximum absolute atomic E-state index is 11.1. The molecule has 3 N–H and O–H groups in total. The number of anilines is 1. The van der Waals surface area contributed by atoms with E-state index in [2.05, 4.69) is 20.8 Å². The summed E-state index contributed by atoms with van der Waals surface area (Å²) in [6.45, 7) is 1.44. The number of nitrogens with zero attached hydrogens (tertiary/aromatic N) is 1. The van der Waals surface area contributed by atoms with Crippen molar-refractivity contribution in [3.05, 3.63) is 28.2 Å². The van der Waals surface area contributed by atoms with Crippen molar-refractivity contribution in [2.75, 3.05) is 18.0 Å². The van der Waals surface area contributed by atoms with Gasteiger partial charge in [0.15, 0.2) is 0 Å². The Morgan fingerprint density at radius 2 is 2.35 bits per heavy atom. The van der Waals surface area contributed by atoms with Crippen molar-refractivity contribution < 1.29 is 9.90 Å². The van der Waals surface area contributed by atoms with Crippen LogP contribution in [0, 0.1) is 5.92 Å². The first kappa shape index (κ1) is 12.4. The van der Waals surface area contributed by atoms with Crippen LogP contribution in [0.2, 0.25) is 0 Å². The van der Waals surface area contributed by atoms with E-state index in [1.807, 2.05) is 18.2 Å². The molecule has 0 bridgehead atoms. The Balaban J connectivity index is 2.23. The van der Waals surface area contributed by atoms with E-state index in [-0.39, 0.29) is 18.4 Å². The second-order valence-electron chi connectivity index (χ2n) is 4.27. The van der Waals surface area contributed by atoms with E-state index in [1.54, 1.807) is 0 Å². The van der Waals surface area contributed by atoms with E-state index >= 15 is 0 Å². The fraction of sp³-hybridized carbons (Fsp3) is 0.417. The average Bonchev–Trinajstić information content (AvgIpc) is 2.78. The minimum Gasteiger partial charge on any atom is -0.392 e. The molecule has 0 saturated carbocycles. The van der Waals surface area contributed by atoms with E-state index in [4.69, 9.17) is 5.73 Å². The molecule has 0 aliphatic carbocycles. The predicted octanol–water partition coefficient (Wildman–Crippen LogP) is 1.25. The second kappa shape index (κ2) is 5.06. The SMILES string of the molecule is NC(=O)C1CCN(c2cc(Br)ccc2CO)C1. The molecular weight excluding hydrogens is 284 g/mol. The molecule has 1 aliphatic rings. The zero-order valence-corrected chi connectivity index (χ0v) is 11.0. The van der Waals surface area contributed by atoms with E-state index in [1.165, 1.54) is 0 Å². The van der Waals surface area contributed by atoms with Crippen molar-refractivity contribution in [3.63, 3.8) is 0 Å². The van der Waals surface area contributed by atoms with Crippen molar-refractivity contribution in [2.45, 2.75) is 13.0 Å². The highest BCUT2D eigenvalue weighted by Gasteiger charge is 2.27. The zero-order chi connectivity index (χ0) is 12.4. The minimum atomic E-state index is -0.243. The molecule has 17 heavy (non-hydrogen) atoms. The summed E-state index contributed by atoms with van der Waals surface area (Å²) in [5.41, 5.74) is 7.17. The number of halogens is 1. The van der Waals surface area contributed by atoms with Gasteiger partial charge in [-0.3, -0.25) is 4.79 Å². The number of carbonyl (C=O) groups is 1.